The number of nitrogens with zero attached hydrogens (tertiary/aromatic N) is 3. The van der Waals surface area contributed by atoms with Gasteiger partial charge in [0.05, 0.1) is 11.6 Å². The van der Waals surface area contributed by atoms with Gasteiger partial charge in [-0.05, 0) is 26.8 Å². The molecule has 98 valence electrons. The van der Waals surface area contributed by atoms with E-state index in [1.54, 1.807) is 39.0 Å². The Morgan fingerprint density at radius 1 is 1.61 bits per heavy atom. The number of allylic oxidation sites excluding steroid dienone is 1. The largest absolute Gasteiger partial charge is 0.273 e. The van der Waals surface area contributed by atoms with Crippen molar-refractivity contribution in [2.45, 2.75) is 27.2 Å². The number of aromatic nitrogens is 2. The van der Waals surface area contributed by atoms with Gasteiger partial charge in [-0.1, -0.05) is 12.2 Å². The lowest BCUT2D eigenvalue weighted by Gasteiger charge is -2.08. The molecule has 0 radical (unpaired) electrons. The molecule has 0 aliphatic rings. The van der Waals surface area contributed by atoms with E-state index in [0.717, 1.165) is 11.4 Å². The average molecular weight is 251 g/mol. The van der Waals surface area contributed by atoms with Crippen LogP contribution in [0.25, 0.3) is 0 Å². The molecule has 0 fully saturated rings. The lowest BCUT2D eigenvalue weighted by atomic mass is 10.0. The number of aryl methyl sites for hydroxylation is 2. The topological polar surface area (TPSA) is 78.0 Å². The van der Waals surface area contributed by atoms with Crippen molar-refractivity contribution < 1.29 is 9.72 Å². The van der Waals surface area contributed by atoms with Crippen molar-refractivity contribution in [2.24, 2.45) is 5.92 Å². The van der Waals surface area contributed by atoms with Crippen molar-refractivity contribution in [3.05, 3.63) is 39.7 Å². The van der Waals surface area contributed by atoms with E-state index in [9.17, 15) is 14.9 Å². The first-order chi connectivity index (χ1) is 8.43. The third-order valence-corrected chi connectivity index (χ3v) is 2.53. The molecule has 0 bridgehead atoms. The van der Waals surface area contributed by atoms with E-state index in [4.69, 9.17) is 0 Å². The normalized spacial score (nSPS) is 12.8. The van der Waals surface area contributed by atoms with Gasteiger partial charge in [0, 0.05) is 17.0 Å². The van der Waals surface area contributed by atoms with Gasteiger partial charge in [0.2, 0.25) is 12.5 Å². The molecular weight excluding hydrogens is 234 g/mol. The zero-order valence-electron chi connectivity index (χ0n) is 10.8. The summed E-state index contributed by atoms with van der Waals surface area (Å²) in [6.45, 7) is 5.13. The number of hydrogen-bond acceptors (Lipinski definition) is 4. The summed E-state index contributed by atoms with van der Waals surface area (Å²) in [5.41, 5.74) is 1.51. The summed E-state index contributed by atoms with van der Waals surface area (Å²) < 4.78 is 1.31. The first kappa shape index (κ1) is 14.1. The third-order valence-electron chi connectivity index (χ3n) is 2.53. The highest BCUT2D eigenvalue weighted by atomic mass is 16.6. The van der Waals surface area contributed by atoms with Crippen molar-refractivity contribution in [3.63, 3.8) is 0 Å². The molecule has 1 rings (SSSR count). The van der Waals surface area contributed by atoms with Crippen LogP contribution in [-0.4, -0.2) is 27.2 Å². The van der Waals surface area contributed by atoms with Gasteiger partial charge in [0.25, 0.3) is 0 Å². The van der Waals surface area contributed by atoms with Crippen molar-refractivity contribution >= 4 is 5.91 Å². The monoisotopic (exact) mass is 251 g/mol. The molecule has 0 saturated heterocycles. The van der Waals surface area contributed by atoms with Crippen LogP contribution in [0.2, 0.25) is 0 Å². The van der Waals surface area contributed by atoms with Crippen LogP contribution in [0.3, 0.4) is 0 Å². The molecule has 6 heteroatoms. The van der Waals surface area contributed by atoms with Crippen molar-refractivity contribution in [1.29, 1.82) is 0 Å². The molecule has 0 aliphatic heterocycles. The Labute approximate surface area is 105 Å². The molecule has 1 atom stereocenters. The fraction of sp³-hybridized carbons (Fsp3) is 0.500. The molecule has 0 N–H and O–H groups in total. The zero-order valence-corrected chi connectivity index (χ0v) is 10.8. The lowest BCUT2D eigenvalue weighted by molar-refractivity contribution is -0.485. The average Bonchev–Trinajstić information content (AvgIpc) is 2.57. The summed E-state index contributed by atoms with van der Waals surface area (Å²) in [4.78, 5) is 22.1. The van der Waals surface area contributed by atoms with Gasteiger partial charge in [-0.2, -0.15) is 5.10 Å². The standard InChI is InChI=1S/C12H17N3O3/c1-4-5-11(8-14(17)18)7-12(16)15-10(3)6-9(2)13-15/h4-6,11H,7-8H2,1-3H3/b5-4+. The molecule has 18 heavy (non-hydrogen) atoms. The Kier molecular flexibility index (Phi) is 4.76. The minimum atomic E-state index is -0.404. The maximum atomic E-state index is 12.0. The summed E-state index contributed by atoms with van der Waals surface area (Å²) in [5, 5.41) is 14.6. The van der Waals surface area contributed by atoms with Crippen molar-refractivity contribution in [3.8, 4) is 0 Å². The summed E-state index contributed by atoms with van der Waals surface area (Å²) >= 11 is 0. The van der Waals surface area contributed by atoms with E-state index in [0.29, 0.717) is 0 Å². The molecule has 1 heterocycles. The molecule has 1 aromatic heterocycles. The van der Waals surface area contributed by atoms with E-state index < -0.39 is 4.92 Å². The highest BCUT2D eigenvalue weighted by molar-refractivity contribution is 5.79. The molecular formula is C12H17N3O3. The molecule has 0 spiro atoms. The predicted molar refractivity (Wildman–Crippen MR) is 67.1 cm³/mol. The van der Waals surface area contributed by atoms with Crippen LogP contribution in [-0.2, 0) is 0 Å². The Balaban J connectivity index is 2.78. The summed E-state index contributed by atoms with van der Waals surface area (Å²) in [5.74, 6) is -0.605. The molecule has 0 saturated carbocycles. The van der Waals surface area contributed by atoms with Crippen LogP contribution >= 0.6 is 0 Å². The molecule has 0 aliphatic carbocycles. The second-order valence-electron chi connectivity index (χ2n) is 4.24. The Morgan fingerprint density at radius 3 is 2.72 bits per heavy atom. The maximum Gasteiger partial charge on any atom is 0.247 e. The lowest BCUT2D eigenvalue weighted by Crippen LogP contribution is -2.21. The van der Waals surface area contributed by atoms with E-state index in [1.165, 1.54) is 4.68 Å². The summed E-state index contributed by atoms with van der Waals surface area (Å²) in [7, 11) is 0. The fourth-order valence-corrected chi connectivity index (χ4v) is 1.85. The van der Waals surface area contributed by atoms with Gasteiger partial charge in [-0.15, -0.1) is 0 Å². The summed E-state index contributed by atoms with van der Waals surface area (Å²) in [6, 6.07) is 1.80. The van der Waals surface area contributed by atoms with Crippen molar-refractivity contribution in [1.82, 2.24) is 9.78 Å². The van der Waals surface area contributed by atoms with Crippen LogP contribution in [0, 0.1) is 29.9 Å². The van der Waals surface area contributed by atoms with Crippen LogP contribution in [0.5, 0.6) is 0 Å². The number of carbonyl (C=O) groups is 1. The number of nitro groups is 1. The van der Waals surface area contributed by atoms with E-state index in [-0.39, 0.29) is 24.8 Å². The van der Waals surface area contributed by atoms with Crippen LogP contribution < -0.4 is 0 Å². The summed E-state index contributed by atoms with van der Waals surface area (Å²) in [6.07, 6.45) is 3.50. The Hall–Kier alpha value is -1.98. The fourth-order valence-electron chi connectivity index (χ4n) is 1.85. The molecule has 1 aromatic rings. The van der Waals surface area contributed by atoms with Gasteiger partial charge in [0.15, 0.2) is 0 Å². The maximum absolute atomic E-state index is 12.0. The highest BCUT2D eigenvalue weighted by Gasteiger charge is 2.19. The van der Waals surface area contributed by atoms with Gasteiger partial charge >= 0.3 is 0 Å². The Morgan fingerprint density at radius 2 is 2.28 bits per heavy atom. The van der Waals surface area contributed by atoms with E-state index in [1.807, 2.05) is 0 Å². The van der Waals surface area contributed by atoms with Gasteiger partial charge in [-0.3, -0.25) is 14.9 Å². The van der Waals surface area contributed by atoms with Crippen LogP contribution in [0.1, 0.15) is 29.5 Å². The minimum Gasteiger partial charge on any atom is -0.273 e. The molecule has 0 aromatic carbocycles. The molecule has 6 nitrogen and oxygen atoms in total. The molecule has 1 unspecified atom stereocenters. The smallest absolute Gasteiger partial charge is 0.247 e. The van der Waals surface area contributed by atoms with Crippen molar-refractivity contribution in [2.75, 3.05) is 6.54 Å². The first-order valence-electron chi connectivity index (χ1n) is 5.75. The van der Waals surface area contributed by atoms with Crippen LogP contribution in [0.15, 0.2) is 18.2 Å². The zero-order chi connectivity index (χ0) is 13.7. The second-order valence-corrected chi connectivity index (χ2v) is 4.24. The quantitative estimate of drug-likeness (QED) is 0.455. The van der Waals surface area contributed by atoms with Gasteiger partial charge in [-0.25, -0.2) is 4.68 Å². The number of rotatable bonds is 5. The SMILES string of the molecule is C/C=C/C(CC(=O)n1nc(C)cc1C)C[N+](=O)[O-]. The first-order valence-corrected chi connectivity index (χ1v) is 5.75. The third kappa shape index (κ3) is 3.80. The minimum absolute atomic E-state index is 0.0906. The number of hydrogen-bond donors (Lipinski definition) is 0. The second kappa shape index (κ2) is 6.09. The van der Waals surface area contributed by atoms with Gasteiger partial charge in [0.1, 0.15) is 0 Å². The Bertz CT molecular complexity index is 477. The van der Waals surface area contributed by atoms with Gasteiger partial charge < -0.3 is 0 Å². The highest BCUT2D eigenvalue weighted by Crippen LogP contribution is 2.10. The number of carbonyl (C=O) groups excluding carboxylic acids is 1. The molecule has 0 amide bonds. The van der Waals surface area contributed by atoms with Crippen LogP contribution in [0.4, 0.5) is 0 Å². The van der Waals surface area contributed by atoms with E-state index in [2.05, 4.69) is 5.10 Å². The predicted octanol–water partition coefficient (Wildman–Crippen LogP) is 2.00. The van der Waals surface area contributed by atoms with E-state index >= 15 is 0 Å².